The molecule has 0 radical (unpaired) electrons. The quantitative estimate of drug-likeness (QED) is 0.124. The van der Waals surface area contributed by atoms with E-state index in [4.69, 9.17) is 24.3 Å². The summed E-state index contributed by atoms with van der Waals surface area (Å²) in [7, 11) is 0. The van der Waals surface area contributed by atoms with Crippen molar-refractivity contribution in [1.29, 1.82) is 0 Å². The fraction of sp³-hybridized carbons (Fsp3) is 0.260. The predicted molar refractivity (Wildman–Crippen MR) is 233 cm³/mol. The van der Waals surface area contributed by atoms with Crippen molar-refractivity contribution in [3.63, 3.8) is 0 Å². The Morgan fingerprint density at radius 1 is 0.661 bits per heavy atom. The monoisotopic (exact) mass is 779 g/mol. The average Bonchev–Trinajstić information content (AvgIpc) is 4.08. The number of nitrogens with zero attached hydrogens (tertiary/aromatic N) is 6. The molecule has 2 fully saturated rings. The second-order valence-electron chi connectivity index (χ2n) is 15.9. The van der Waals surface area contributed by atoms with E-state index < -0.39 is 5.54 Å². The third kappa shape index (κ3) is 7.37. The zero-order valence-electron chi connectivity index (χ0n) is 33.2. The summed E-state index contributed by atoms with van der Waals surface area (Å²) >= 11 is 0. The van der Waals surface area contributed by atoms with Gasteiger partial charge in [-0.05, 0) is 97.6 Å². The molecule has 9 heteroatoms. The van der Waals surface area contributed by atoms with E-state index in [-0.39, 0.29) is 6.23 Å². The van der Waals surface area contributed by atoms with Crippen molar-refractivity contribution in [2.24, 2.45) is 5.92 Å². The Kier molecular flexibility index (Phi) is 10.4. The Labute approximate surface area is 345 Å². The van der Waals surface area contributed by atoms with Crippen molar-refractivity contribution in [2.45, 2.75) is 50.4 Å². The van der Waals surface area contributed by atoms with E-state index in [9.17, 15) is 0 Å². The molecule has 10 rings (SSSR count). The molecule has 1 atom stereocenters. The number of anilines is 1. The van der Waals surface area contributed by atoms with E-state index in [1.807, 2.05) is 23.3 Å². The summed E-state index contributed by atoms with van der Waals surface area (Å²) in [6, 6.07) is 50.9. The average molecular weight is 780 g/mol. The molecule has 59 heavy (non-hydrogen) atoms. The lowest BCUT2D eigenvalue weighted by molar-refractivity contribution is -0.0365. The molecule has 1 unspecified atom stereocenters. The Bertz CT molecular complexity index is 2490. The molecule has 5 heterocycles. The van der Waals surface area contributed by atoms with Gasteiger partial charge in [-0.15, -0.1) is 5.10 Å². The Morgan fingerprint density at radius 2 is 1.32 bits per heavy atom. The SMILES string of the molecule is c1ccc(-c2coc(CN3CCC(CNc4nn(C5CCCCO5)c5ccc(-c6ncn(C(c7ccccc7)(c7ccccc7)c7ccccc7)n6)cc45)CC3)c2)cc1. The van der Waals surface area contributed by atoms with Crippen LogP contribution >= 0.6 is 0 Å². The second kappa shape index (κ2) is 16.5. The molecule has 8 aromatic rings. The number of nitrogens with one attached hydrogen (secondary N) is 1. The second-order valence-corrected chi connectivity index (χ2v) is 15.9. The van der Waals surface area contributed by atoms with Gasteiger partial charge in [-0.25, -0.2) is 14.3 Å². The van der Waals surface area contributed by atoms with Crippen LogP contribution in [0.3, 0.4) is 0 Å². The third-order valence-electron chi connectivity index (χ3n) is 12.2. The Morgan fingerprint density at radius 3 is 1.97 bits per heavy atom. The van der Waals surface area contributed by atoms with Gasteiger partial charge in [0.2, 0.25) is 0 Å². The number of ether oxygens (including phenoxy) is 1. The highest BCUT2D eigenvalue weighted by molar-refractivity contribution is 5.93. The highest BCUT2D eigenvalue weighted by atomic mass is 16.5. The van der Waals surface area contributed by atoms with Crippen LogP contribution in [0.25, 0.3) is 33.4 Å². The van der Waals surface area contributed by atoms with Crippen molar-refractivity contribution in [3.05, 3.63) is 181 Å². The first-order valence-electron chi connectivity index (χ1n) is 21.0. The van der Waals surface area contributed by atoms with E-state index >= 15 is 0 Å². The number of fused-ring (bicyclic) bond motifs is 1. The van der Waals surface area contributed by atoms with Gasteiger partial charge in [0.25, 0.3) is 0 Å². The molecule has 296 valence electrons. The van der Waals surface area contributed by atoms with Gasteiger partial charge < -0.3 is 14.5 Å². The minimum atomic E-state index is -0.742. The van der Waals surface area contributed by atoms with Crippen LogP contribution in [0.15, 0.2) is 163 Å². The van der Waals surface area contributed by atoms with Gasteiger partial charge in [0.1, 0.15) is 17.6 Å². The predicted octanol–water partition coefficient (Wildman–Crippen LogP) is 10.4. The molecule has 5 aromatic carbocycles. The first-order valence-corrected chi connectivity index (χ1v) is 21.0. The summed E-state index contributed by atoms with van der Waals surface area (Å²) in [6.07, 6.45) is 9.07. The number of piperidine rings is 1. The fourth-order valence-electron chi connectivity index (χ4n) is 9.09. The third-order valence-corrected chi connectivity index (χ3v) is 12.2. The van der Waals surface area contributed by atoms with Crippen LogP contribution in [-0.4, -0.2) is 55.7 Å². The standard InChI is InChI=1S/C50H49N7O2/c1-5-15-38(16-6-1)40-31-44(59-35-40)34-55-28-26-37(27-29-55)33-51-49-45-32-39(24-25-46(45)57(54-49)47-23-13-14-30-58-47)48-52-36-56(53-48)50(41-17-7-2-8-18-41,42-19-9-3-10-20-42)43-21-11-4-12-22-43/h1-12,15-22,24-25,31-32,35-37,47H,13-14,23,26-30,33-34H2,(H,51,54). The van der Waals surface area contributed by atoms with E-state index in [0.717, 1.165) is 115 Å². The maximum Gasteiger partial charge on any atom is 0.181 e. The molecule has 1 N–H and O–H groups in total. The van der Waals surface area contributed by atoms with Crippen LogP contribution in [-0.2, 0) is 16.8 Å². The summed E-state index contributed by atoms with van der Waals surface area (Å²) in [4.78, 5) is 7.51. The van der Waals surface area contributed by atoms with Crippen LogP contribution in [0.2, 0.25) is 0 Å². The highest BCUT2D eigenvalue weighted by Crippen LogP contribution is 2.41. The molecule has 0 bridgehead atoms. The highest BCUT2D eigenvalue weighted by Gasteiger charge is 2.40. The minimum absolute atomic E-state index is 0.0829. The molecule has 0 amide bonds. The molecule has 0 aliphatic carbocycles. The number of benzene rings is 5. The van der Waals surface area contributed by atoms with E-state index in [1.165, 1.54) is 5.56 Å². The van der Waals surface area contributed by atoms with Crippen LogP contribution in [0.5, 0.6) is 0 Å². The smallest absolute Gasteiger partial charge is 0.181 e. The number of aromatic nitrogens is 5. The largest absolute Gasteiger partial charge is 0.467 e. The summed E-state index contributed by atoms with van der Waals surface area (Å²) in [5.41, 5.74) is 6.89. The normalized spacial score (nSPS) is 16.7. The molecule has 0 spiro atoms. The van der Waals surface area contributed by atoms with Crippen molar-refractivity contribution in [3.8, 4) is 22.5 Å². The molecule has 2 saturated heterocycles. The van der Waals surface area contributed by atoms with E-state index in [0.29, 0.717) is 11.7 Å². The van der Waals surface area contributed by atoms with Gasteiger partial charge in [0.15, 0.2) is 17.9 Å². The number of furan rings is 1. The molecule has 9 nitrogen and oxygen atoms in total. The number of rotatable bonds is 12. The summed E-state index contributed by atoms with van der Waals surface area (Å²) < 4.78 is 16.4. The molecule has 2 aliphatic rings. The fourth-order valence-corrected chi connectivity index (χ4v) is 9.09. The summed E-state index contributed by atoms with van der Waals surface area (Å²) in [5, 5.41) is 15.4. The Balaban J connectivity index is 0.923. The van der Waals surface area contributed by atoms with Crippen LogP contribution in [0, 0.1) is 5.92 Å². The lowest BCUT2D eigenvalue weighted by Crippen LogP contribution is -2.38. The number of hydrogen-bond donors (Lipinski definition) is 1. The molecule has 3 aromatic heterocycles. The van der Waals surface area contributed by atoms with Crippen molar-refractivity contribution in [1.82, 2.24) is 29.4 Å². The molecule has 0 saturated carbocycles. The van der Waals surface area contributed by atoms with E-state index in [1.54, 1.807) is 0 Å². The minimum Gasteiger partial charge on any atom is -0.467 e. The van der Waals surface area contributed by atoms with Gasteiger partial charge in [-0.3, -0.25) is 4.90 Å². The summed E-state index contributed by atoms with van der Waals surface area (Å²) in [6.45, 7) is 4.51. The first kappa shape index (κ1) is 37.0. The first-order chi connectivity index (χ1) is 29.2. The van der Waals surface area contributed by atoms with Crippen molar-refractivity contribution in [2.75, 3.05) is 31.6 Å². The van der Waals surface area contributed by atoms with Crippen molar-refractivity contribution >= 4 is 16.7 Å². The van der Waals surface area contributed by atoms with Gasteiger partial charge >= 0.3 is 0 Å². The zero-order chi connectivity index (χ0) is 39.4. The Hall–Kier alpha value is -6.29. The summed E-state index contributed by atoms with van der Waals surface area (Å²) in [5.74, 6) is 3.10. The molecular formula is C50H49N7O2. The van der Waals surface area contributed by atoms with Gasteiger partial charge in [0.05, 0.1) is 18.3 Å². The number of hydrogen-bond acceptors (Lipinski definition) is 7. The maximum atomic E-state index is 6.28. The van der Waals surface area contributed by atoms with Crippen molar-refractivity contribution < 1.29 is 9.15 Å². The molecular weight excluding hydrogens is 731 g/mol. The lowest BCUT2D eigenvalue weighted by atomic mass is 9.77. The van der Waals surface area contributed by atoms with Gasteiger partial charge in [0, 0.05) is 29.7 Å². The van der Waals surface area contributed by atoms with E-state index in [2.05, 4.69) is 154 Å². The topological polar surface area (TPSA) is 86.2 Å². The maximum absolute atomic E-state index is 6.28. The van der Waals surface area contributed by atoms with Gasteiger partial charge in [-0.2, -0.15) is 5.10 Å². The van der Waals surface area contributed by atoms with Crippen LogP contribution in [0.1, 0.15) is 60.8 Å². The molecule has 2 aliphatic heterocycles. The number of likely N-dealkylation sites (tertiary alicyclic amines) is 1. The van der Waals surface area contributed by atoms with Crippen LogP contribution in [0.4, 0.5) is 5.82 Å². The zero-order valence-corrected chi connectivity index (χ0v) is 33.2. The lowest BCUT2D eigenvalue weighted by Gasteiger charge is -2.35. The van der Waals surface area contributed by atoms with Gasteiger partial charge in [-0.1, -0.05) is 121 Å². The van der Waals surface area contributed by atoms with Crippen LogP contribution < -0.4 is 5.32 Å².